The molecule has 3 unspecified atom stereocenters. The molecule has 0 spiro atoms. The van der Waals surface area contributed by atoms with E-state index in [1.807, 2.05) is 6.08 Å². The normalized spacial score (nSPS) is 14.0. The zero-order valence-corrected chi connectivity index (χ0v) is 29.3. The fourth-order valence-electron chi connectivity index (χ4n) is 5.73. The minimum atomic E-state index is -0.929. The number of aliphatic hydroxyl groups is 3. The Labute approximate surface area is 273 Å². The summed E-state index contributed by atoms with van der Waals surface area (Å²) < 4.78 is 0. The maximum absolute atomic E-state index is 12.3. The summed E-state index contributed by atoms with van der Waals surface area (Å²) >= 11 is 0. The number of unbranched alkanes of at least 4 members (excludes halogenated alkanes) is 23. The van der Waals surface area contributed by atoms with E-state index in [0.29, 0.717) is 6.42 Å². The average molecular weight is 622 g/mol. The van der Waals surface area contributed by atoms with Crippen LogP contribution in [0.3, 0.4) is 0 Å². The zero-order valence-electron chi connectivity index (χ0n) is 29.3. The van der Waals surface area contributed by atoms with E-state index < -0.39 is 18.2 Å². The zero-order chi connectivity index (χ0) is 32.4. The first-order valence-corrected chi connectivity index (χ1v) is 19.1. The number of amides is 1. The van der Waals surface area contributed by atoms with Gasteiger partial charge in [0.2, 0.25) is 5.91 Å². The van der Waals surface area contributed by atoms with Crippen LogP contribution >= 0.6 is 0 Å². The van der Waals surface area contributed by atoms with Crippen molar-refractivity contribution in [3.05, 3.63) is 24.3 Å². The molecular weight excluding hydrogens is 546 g/mol. The highest BCUT2D eigenvalue weighted by Crippen LogP contribution is 2.15. The first-order valence-electron chi connectivity index (χ1n) is 19.1. The highest BCUT2D eigenvalue weighted by molar-refractivity contribution is 5.76. The number of rotatable bonds is 34. The molecule has 3 atom stereocenters. The summed E-state index contributed by atoms with van der Waals surface area (Å²) in [5.41, 5.74) is 0. The fraction of sp³-hybridized carbons (Fsp3) is 0.872. The van der Waals surface area contributed by atoms with Gasteiger partial charge in [0.05, 0.1) is 31.3 Å². The van der Waals surface area contributed by atoms with Gasteiger partial charge in [-0.05, 0) is 38.5 Å². The number of hydrogen-bond acceptors (Lipinski definition) is 4. The largest absolute Gasteiger partial charge is 0.394 e. The average Bonchev–Trinajstić information content (AvgIpc) is 3.01. The van der Waals surface area contributed by atoms with Gasteiger partial charge in [0, 0.05) is 0 Å². The molecule has 44 heavy (non-hydrogen) atoms. The Morgan fingerprint density at radius 2 is 0.977 bits per heavy atom. The van der Waals surface area contributed by atoms with Gasteiger partial charge in [-0.1, -0.05) is 173 Å². The highest BCUT2D eigenvalue weighted by atomic mass is 16.3. The van der Waals surface area contributed by atoms with Crippen LogP contribution in [0, 0.1) is 0 Å². The van der Waals surface area contributed by atoms with Gasteiger partial charge in [0.15, 0.2) is 0 Å². The van der Waals surface area contributed by atoms with Crippen molar-refractivity contribution in [1.29, 1.82) is 0 Å². The minimum absolute atomic E-state index is 0.00314. The molecule has 0 aromatic carbocycles. The lowest BCUT2D eigenvalue weighted by Gasteiger charge is -2.21. The number of carbonyl (C=O) groups excluding carboxylic acids is 1. The molecule has 0 aliphatic carbocycles. The summed E-state index contributed by atoms with van der Waals surface area (Å²) in [7, 11) is 0. The Hall–Kier alpha value is -1.17. The SMILES string of the molecule is CCCC/C=C\CCCCCC(O)CC(=O)NC(CO)C(O)/C=C/CCCCCCCCCCCCCCCCCCCC. The lowest BCUT2D eigenvalue weighted by atomic mass is 10.0. The number of carbonyl (C=O) groups is 1. The van der Waals surface area contributed by atoms with Gasteiger partial charge in [0.1, 0.15) is 0 Å². The number of hydrogen-bond donors (Lipinski definition) is 4. The Kier molecular flexibility index (Phi) is 33.8. The van der Waals surface area contributed by atoms with E-state index in [1.165, 1.54) is 122 Å². The molecule has 4 N–H and O–H groups in total. The van der Waals surface area contributed by atoms with Crippen molar-refractivity contribution >= 4 is 5.91 Å². The molecule has 0 bridgehead atoms. The smallest absolute Gasteiger partial charge is 0.222 e. The quantitative estimate of drug-likeness (QED) is 0.0425. The van der Waals surface area contributed by atoms with Gasteiger partial charge >= 0.3 is 0 Å². The van der Waals surface area contributed by atoms with Crippen LogP contribution in [0.5, 0.6) is 0 Å². The number of nitrogens with one attached hydrogen (secondary N) is 1. The number of allylic oxidation sites excluding steroid dienone is 3. The van der Waals surface area contributed by atoms with Gasteiger partial charge in [0.25, 0.3) is 0 Å². The van der Waals surface area contributed by atoms with Crippen LogP contribution in [0.4, 0.5) is 0 Å². The number of aliphatic hydroxyl groups excluding tert-OH is 3. The molecule has 5 nitrogen and oxygen atoms in total. The first kappa shape index (κ1) is 42.8. The van der Waals surface area contributed by atoms with Crippen molar-refractivity contribution in [1.82, 2.24) is 5.32 Å². The fourth-order valence-corrected chi connectivity index (χ4v) is 5.73. The first-order chi connectivity index (χ1) is 21.5. The maximum Gasteiger partial charge on any atom is 0.222 e. The van der Waals surface area contributed by atoms with E-state index in [0.717, 1.165) is 44.9 Å². The molecular formula is C39H75NO4. The van der Waals surface area contributed by atoms with Crippen LogP contribution in [-0.2, 0) is 4.79 Å². The van der Waals surface area contributed by atoms with Crippen LogP contribution in [0.1, 0.15) is 194 Å². The van der Waals surface area contributed by atoms with E-state index in [9.17, 15) is 20.1 Å². The monoisotopic (exact) mass is 622 g/mol. The van der Waals surface area contributed by atoms with Crippen molar-refractivity contribution in [3.8, 4) is 0 Å². The predicted octanol–water partition coefficient (Wildman–Crippen LogP) is 10.3. The Morgan fingerprint density at radius 1 is 0.568 bits per heavy atom. The predicted molar refractivity (Wildman–Crippen MR) is 190 cm³/mol. The molecule has 0 aromatic heterocycles. The minimum Gasteiger partial charge on any atom is -0.394 e. The Morgan fingerprint density at radius 3 is 1.45 bits per heavy atom. The van der Waals surface area contributed by atoms with Gasteiger partial charge in [-0.3, -0.25) is 4.79 Å². The second-order valence-corrected chi connectivity index (χ2v) is 13.2. The molecule has 5 heteroatoms. The summed E-state index contributed by atoms with van der Waals surface area (Å²) in [6.45, 7) is 4.15. The maximum atomic E-state index is 12.3. The molecule has 1 amide bonds. The second kappa shape index (κ2) is 34.7. The third-order valence-corrected chi connectivity index (χ3v) is 8.73. The van der Waals surface area contributed by atoms with Crippen LogP contribution in [0.2, 0.25) is 0 Å². The van der Waals surface area contributed by atoms with Gasteiger partial charge in [-0.2, -0.15) is 0 Å². The molecule has 0 aliphatic heterocycles. The Balaban J connectivity index is 3.68. The molecule has 0 fully saturated rings. The van der Waals surface area contributed by atoms with E-state index >= 15 is 0 Å². The topological polar surface area (TPSA) is 89.8 Å². The molecule has 0 aromatic rings. The van der Waals surface area contributed by atoms with Gasteiger partial charge in [-0.15, -0.1) is 0 Å². The third kappa shape index (κ3) is 30.8. The van der Waals surface area contributed by atoms with Gasteiger partial charge in [-0.25, -0.2) is 0 Å². The molecule has 0 rings (SSSR count). The summed E-state index contributed by atoms with van der Waals surface area (Å²) in [4.78, 5) is 12.3. The van der Waals surface area contributed by atoms with E-state index in [2.05, 4.69) is 31.3 Å². The van der Waals surface area contributed by atoms with Crippen molar-refractivity contribution < 1.29 is 20.1 Å². The molecule has 0 aliphatic rings. The van der Waals surface area contributed by atoms with Crippen molar-refractivity contribution in [2.45, 2.75) is 212 Å². The standard InChI is InChI=1S/C39H75NO4/c1-3-5-7-9-11-13-14-15-16-17-18-19-20-21-22-23-25-27-29-31-33-38(43)37(35-41)40-39(44)34-36(42)32-30-28-26-24-12-10-8-6-4-2/h10,12,31,33,36-38,41-43H,3-9,11,13-30,32,34-35H2,1-2H3,(H,40,44)/b12-10-,33-31+. The Bertz CT molecular complexity index is 650. The van der Waals surface area contributed by atoms with Gasteiger partial charge < -0.3 is 20.6 Å². The summed E-state index contributed by atoms with van der Waals surface area (Å²) in [5, 5.41) is 33.0. The van der Waals surface area contributed by atoms with Crippen molar-refractivity contribution in [2.24, 2.45) is 0 Å². The third-order valence-electron chi connectivity index (χ3n) is 8.73. The molecule has 0 heterocycles. The second-order valence-electron chi connectivity index (χ2n) is 13.2. The van der Waals surface area contributed by atoms with E-state index in [4.69, 9.17) is 0 Å². The highest BCUT2D eigenvalue weighted by Gasteiger charge is 2.20. The lowest BCUT2D eigenvalue weighted by Crippen LogP contribution is -2.45. The molecule has 0 saturated heterocycles. The van der Waals surface area contributed by atoms with Crippen LogP contribution in [0.15, 0.2) is 24.3 Å². The summed E-state index contributed by atoms with van der Waals surface area (Å²) in [6, 6.07) is -0.745. The molecule has 0 saturated carbocycles. The summed E-state index contributed by atoms with van der Waals surface area (Å²) in [6.07, 6.45) is 40.3. The molecule has 260 valence electrons. The van der Waals surface area contributed by atoms with Crippen LogP contribution < -0.4 is 5.32 Å². The van der Waals surface area contributed by atoms with Crippen LogP contribution in [0.25, 0.3) is 0 Å². The van der Waals surface area contributed by atoms with Crippen LogP contribution in [-0.4, -0.2) is 46.1 Å². The molecule has 0 radical (unpaired) electrons. The van der Waals surface area contributed by atoms with Crippen molar-refractivity contribution in [2.75, 3.05) is 6.61 Å². The lowest BCUT2D eigenvalue weighted by molar-refractivity contribution is -0.124. The van der Waals surface area contributed by atoms with E-state index in [1.54, 1.807) is 6.08 Å². The van der Waals surface area contributed by atoms with Crippen molar-refractivity contribution in [3.63, 3.8) is 0 Å². The summed E-state index contributed by atoms with van der Waals surface area (Å²) in [5.74, 6) is -0.327. The van der Waals surface area contributed by atoms with E-state index in [-0.39, 0.29) is 18.9 Å².